The predicted octanol–water partition coefficient (Wildman–Crippen LogP) is 4.06. The first-order valence-corrected chi connectivity index (χ1v) is 11.8. The third-order valence-corrected chi connectivity index (χ3v) is 6.99. The molecule has 2 aliphatic heterocycles. The average molecular weight is 444 g/mol. The number of piperazine rings is 1. The van der Waals surface area contributed by atoms with Gasteiger partial charge >= 0.3 is 0 Å². The summed E-state index contributed by atoms with van der Waals surface area (Å²) in [7, 11) is 0. The van der Waals surface area contributed by atoms with E-state index in [-0.39, 0.29) is 5.60 Å². The van der Waals surface area contributed by atoms with Crippen LogP contribution in [0.25, 0.3) is 0 Å². The Morgan fingerprint density at radius 3 is 2.85 bits per heavy atom. The van der Waals surface area contributed by atoms with Crippen molar-refractivity contribution in [2.75, 3.05) is 24.5 Å². The molecule has 2 aromatic heterocycles. The maximum Gasteiger partial charge on any atom is 0.132 e. The Hall–Kier alpha value is -3.19. The number of aromatic nitrogens is 2. The van der Waals surface area contributed by atoms with Gasteiger partial charge in [0.25, 0.3) is 0 Å². The molecule has 1 aromatic carbocycles. The van der Waals surface area contributed by atoms with Crippen LogP contribution in [0.1, 0.15) is 49.3 Å². The number of hydrogen-bond donors (Lipinski definition) is 0. The number of furan rings is 1. The highest BCUT2D eigenvalue weighted by molar-refractivity contribution is 6.14. The number of ether oxygens (including phenoxy) is 1. The molecule has 0 amide bonds. The zero-order valence-corrected chi connectivity index (χ0v) is 19.2. The maximum atomic E-state index is 6.19. The second-order valence-electron chi connectivity index (χ2n) is 9.64. The van der Waals surface area contributed by atoms with Crippen LogP contribution in [0.3, 0.4) is 0 Å². The van der Waals surface area contributed by atoms with Crippen LogP contribution in [0.2, 0.25) is 0 Å². The average Bonchev–Trinajstić information content (AvgIpc) is 3.18. The first-order valence-electron chi connectivity index (χ1n) is 11.8. The summed E-state index contributed by atoms with van der Waals surface area (Å²) in [5.41, 5.74) is 4.16. The van der Waals surface area contributed by atoms with Crippen molar-refractivity contribution in [1.29, 1.82) is 0 Å². The quantitative estimate of drug-likeness (QED) is 0.572. The molecule has 1 saturated heterocycles. The van der Waals surface area contributed by atoms with E-state index in [4.69, 9.17) is 14.1 Å². The zero-order chi connectivity index (χ0) is 22.4. The Morgan fingerprint density at radius 1 is 1.15 bits per heavy atom. The molecule has 7 nitrogen and oxygen atoms in total. The van der Waals surface area contributed by atoms with Crippen LogP contribution >= 0.6 is 0 Å². The zero-order valence-electron chi connectivity index (χ0n) is 19.2. The molecule has 0 unspecified atom stereocenters. The van der Waals surface area contributed by atoms with Gasteiger partial charge in [0.05, 0.1) is 30.8 Å². The Kier molecular flexibility index (Phi) is 4.94. The molecule has 1 aliphatic carbocycles. The summed E-state index contributed by atoms with van der Waals surface area (Å²) in [6.45, 7) is 8.75. The van der Waals surface area contributed by atoms with Gasteiger partial charge in [-0.2, -0.15) is 0 Å². The van der Waals surface area contributed by atoms with Gasteiger partial charge in [-0.1, -0.05) is 6.07 Å². The number of fused-ring (bicyclic) bond motifs is 1. The largest absolute Gasteiger partial charge is 0.488 e. The Morgan fingerprint density at radius 2 is 2.06 bits per heavy atom. The molecule has 0 radical (unpaired) electrons. The number of anilines is 1. The van der Waals surface area contributed by atoms with Gasteiger partial charge < -0.3 is 14.1 Å². The van der Waals surface area contributed by atoms with Gasteiger partial charge in [0.1, 0.15) is 29.3 Å². The molecular weight excluding hydrogens is 414 g/mol. The van der Waals surface area contributed by atoms with E-state index in [2.05, 4.69) is 57.9 Å². The molecule has 0 spiro atoms. The van der Waals surface area contributed by atoms with E-state index in [9.17, 15) is 0 Å². The van der Waals surface area contributed by atoms with Crippen molar-refractivity contribution in [2.24, 2.45) is 4.99 Å². The predicted molar refractivity (Wildman–Crippen MR) is 127 cm³/mol. The van der Waals surface area contributed by atoms with E-state index in [1.54, 1.807) is 12.6 Å². The van der Waals surface area contributed by atoms with E-state index < -0.39 is 0 Å². The Labute approximate surface area is 194 Å². The second-order valence-corrected chi connectivity index (χ2v) is 9.64. The lowest BCUT2D eigenvalue weighted by atomic mass is 10.0. The number of benzene rings is 1. The molecule has 3 aromatic rings. The molecule has 4 heterocycles. The van der Waals surface area contributed by atoms with E-state index in [0.29, 0.717) is 12.6 Å². The van der Waals surface area contributed by atoms with E-state index in [1.807, 2.05) is 12.1 Å². The topological polar surface area (TPSA) is 67.0 Å². The smallest absolute Gasteiger partial charge is 0.132 e. The third kappa shape index (κ3) is 4.13. The minimum atomic E-state index is 0.00199. The molecule has 170 valence electrons. The summed E-state index contributed by atoms with van der Waals surface area (Å²) in [4.78, 5) is 18.8. The van der Waals surface area contributed by atoms with Gasteiger partial charge in [-0.05, 0) is 56.5 Å². The van der Waals surface area contributed by atoms with Gasteiger partial charge in [-0.25, -0.2) is 9.97 Å². The molecule has 1 atom stereocenters. The molecule has 0 bridgehead atoms. The van der Waals surface area contributed by atoms with Gasteiger partial charge in [0.15, 0.2) is 0 Å². The molecule has 33 heavy (non-hydrogen) atoms. The van der Waals surface area contributed by atoms with Gasteiger partial charge in [-0.15, -0.1) is 0 Å². The van der Waals surface area contributed by atoms with Crippen LogP contribution in [0, 0.1) is 0 Å². The number of nitrogens with zero attached hydrogens (tertiary/aromatic N) is 5. The summed E-state index contributed by atoms with van der Waals surface area (Å²) in [6.07, 6.45) is 5.64. The molecule has 0 N–H and O–H groups in total. The van der Waals surface area contributed by atoms with Crippen molar-refractivity contribution < 1.29 is 9.15 Å². The molecule has 7 heteroatoms. The SMILES string of the molecule is C[C@H]1CN(c2cc(C3=NCc4ccc(OC5(C)CC5)cc43)ncn2)CCN1Cc1ccco1. The van der Waals surface area contributed by atoms with Crippen LogP contribution in [-0.4, -0.2) is 51.9 Å². The van der Waals surface area contributed by atoms with Crippen molar-refractivity contribution in [3.8, 4) is 5.75 Å². The van der Waals surface area contributed by atoms with Gasteiger partial charge in [0.2, 0.25) is 0 Å². The van der Waals surface area contributed by atoms with Gasteiger partial charge in [-0.3, -0.25) is 9.89 Å². The van der Waals surface area contributed by atoms with E-state index >= 15 is 0 Å². The van der Waals surface area contributed by atoms with Crippen LogP contribution in [0.4, 0.5) is 5.82 Å². The van der Waals surface area contributed by atoms with Crippen molar-refractivity contribution >= 4 is 11.5 Å². The fourth-order valence-corrected chi connectivity index (χ4v) is 4.70. The Bertz CT molecular complexity index is 1190. The summed E-state index contributed by atoms with van der Waals surface area (Å²) < 4.78 is 11.7. The molecule has 2 fully saturated rings. The molecule has 3 aliphatic rings. The fourth-order valence-electron chi connectivity index (χ4n) is 4.70. The number of hydrogen-bond acceptors (Lipinski definition) is 7. The number of aliphatic imine (C=N–C) groups is 1. The van der Waals surface area contributed by atoms with Crippen molar-refractivity contribution in [1.82, 2.24) is 14.9 Å². The maximum absolute atomic E-state index is 6.19. The van der Waals surface area contributed by atoms with Crippen LogP contribution in [0.5, 0.6) is 5.75 Å². The highest BCUT2D eigenvalue weighted by Crippen LogP contribution is 2.40. The molecule has 1 saturated carbocycles. The summed E-state index contributed by atoms with van der Waals surface area (Å²) >= 11 is 0. The first kappa shape index (κ1) is 20.4. The van der Waals surface area contributed by atoms with Crippen LogP contribution in [-0.2, 0) is 13.1 Å². The minimum Gasteiger partial charge on any atom is -0.488 e. The highest BCUT2D eigenvalue weighted by Gasteiger charge is 2.40. The summed E-state index contributed by atoms with van der Waals surface area (Å²) in [6, 6.07) is 12.8. The highest BCUT2D eigenvalue weighted by atomic mass is 16.5. The lowest BCUT2D eigenvalue weighted by Gasteiger charge is -2.40. The fraction of sp³-hybridized carbons (Fsp3) is 0.423. The molecule has 6 rings (SSSR count). The normalized spacial score (nSPS) is 21.6. The van der Waals surface area contributed by atoms with E-state index in [0.717, 1.165) is 73.3 Å². The summed E-state index contributed by atoms with van der Waals surface area (Å²) in [5, 5.41) is 0. The molecular formula is C26H29N5O2. The number of rotatable bonds is 6. The lowest BCUT2D eigenvalue weighted by Crippen LogP contribution is -2.51. The van der Waals surface area contributed by atoms with Crippen LogP contribution < -0.4 is 9.64 Å². The monoisotopic (exact) mass is 443 g/mol. The minimum absolute atomic E-state index is 0.00199. The van der Waals surface area contributed by atoms with E-state index in [1.165, 1.54) is 5.56 Å². The summed E-state index contributed by atoms with van der Waals surface area (Å²) in [5.74, 6) is 2.88. The van der Waals surface area contributed by atoms with Crippen molar-refractivity contribution in [3.05, 3.63) is 71.6 Å². The van der Waals surface area contributed by atoms with Crippen molar-refractivity contribution in [2.45, 2.75) is 51.4 Å². The third-order valence-electron chi connectivity index (χ3n) is 6.99. The Balaban J connectivity index is 1.19. The van der Waals surface area contributed by atoms with Crippen LogP contribution in [0.15, 0.2) is 58.4 Å². The van der Waals surface area contributed by atoms with Crippen molar-refractivity contribution in [3.63, 3.8) is 0 Å². The second kappa shape index (κ2) is 7.99. The van der Waals surface area contributed by atoms with Gasteiger partial charge in [0, 0.05) is 37.3 Å². The first-order chi connectivity index (χ1) is 16.1. The lowest BCUT2D eigenvalue weighted by molar-refractivity contribution is 0.167. The standard InChI is InChI=1S/C26H29N5O2/c1-18-15-31(10-9-30(18)16-21-4-3-11-32-21)24-13-23(28-17-29-24)25-22-12-20(33-26(2)7-8-26)6-5-19(22)14-27-25/h3-6,11-13,17-18H,7-10,14-16H2,1-2H3/t18-/m0/s1.